The smallest absolute Gasteiger partial charge is 0.307 e. The van der Waals surface area contributed by atoms with Crippen molar-refractivity contribution in [1.82, 2.24) is 10.3 Å². The van der Waals surface area contributed by atoms with Crippen molar-refractivity contribution in [2.75, 3.05) is 6.54 Å². The third-order valence-corrected chi connectivity index (χ3v) is 5.41. The van der Waals surface area contributed by atoms with Gasteiger partial charge in [-0.15, -0.1) is 11.3 Å². The minimum Gasteiger partial charge on any atom is -0.481 e. The molecule has 1 aliphatic rings. The van der Waals surface area contributed by atoms with Gasteiger partial charge in [-0.25, -0.2) is 4.98 Å². The number of hydrogen-bond donors (Lipinski definition) is 2. The van der Waals surface area contributed by atoms with Crippen LogP contribution in [0.5, 0.6) is 0 Å². The minimum absolute atomic E-state index is 0.0688. The lowest BCUT2D eigenvalue weighted by Gasteiger charge is -2.14. The average molecular weight is 324 g/mol. The first-order valence-corrected chi connectivity index (χ1v) is 8.45. The van der Waals surface area contributed by atoms with Crippen molar-refractivity contribution < 1.29 is 9.90 Å². The Kier molecular flexibility index (Phi) is 3.59. The summed E-state index contributed by atoms with van der Waals surface area (Å²) in [5.41, 5.74) is 3.23. The van der Waals surface area contributed by atoms with E-state index in [-0.39, 0.29) is 12.0 Å². The number of fused-ring (bicyclic) bond motifs is 1. The van der Waals surface area contributed by atoms with Gasteiger partial charge in [0.25, 0.3) is 0 Å². The Morgan fingerprint density at radius 3 is 2.74 bits per heavy atom. The van der Waals surface area contributed by atoms with Gasteiger partial charge in [0, 0.05) is 18.2 Å². The van der Waals surface area contributed by atoms with Gasteiger partial charge >= 0.3 is 5.97 Å². The molecule has 2 atom stereocenters. The molecular weight excluding hydrogens is 308 g/mol. The normalized spacial score (nSPS) is 20.9. The molecule has 0 aliphatic carbocycles. The number of nitrogens with zero attached hydrogens (tertiary/aromatic N) is 1. The summed E-state index contributed by atoms with van der Waals surface area (Å²) in [6.07, 6.45) is 0.622. The number of aromatic nitrogens is 1. The van der Waals surface area contributed by atoms with Gasteiger partial charge in [0.15, 0.2) is 0 Å². The third kappa shape index (κ3) is 2.62. The van der Waals surface area contributed by atoms with Crippen LogP contribution < -0.4 is 5.32 Å². The van der Waals surface area contributed by atoms with Gasteiger partial charge in [-0.1, -0.05) is 36.4 Å². The maximum absolute atomic E-state index is 11.2. The van der Waals surface area contributed by atoms with Gasteiger partial charge in [-0.2, -0.15) is 0 Å². The largest absolute Gasteiger partial charge is 0.481 e. The van der Waals surface area contributed by atoms with E-state index in [1.165, 1.54) is 4.70 Å². The van der Waals surface area contributed by atoms with Gasteiger partial charge in [0.05, 0.1) is 16.1 Å². The standard InChI is InChI=1S/C18H16N2O2S/c21-18(22)11-9-15(19-10-11)12-5-1-2-6-13(12)17-20-14-7-3-4-8-16(14)23-17/h1-8,11,15,19H,9-10H2,(H,21,22). The number of carbonyl (C=O) groups is 1. The first-order valence-electron chi connectivity index (χ1n) is 7.63. The number of rotatable bonds is 3. The Bertz CT molecular complexity index is 841. The molecule has 0 saturated carbocycles. The van der Waals surface area contributed by atoms with E-state index < -0.39 is 5.97 Å². The predicted molar refractivity (Wildman–Crippen MR) is 91.5 cm³/mol. The van der Waals surface area contributed by atoms with Crippen LogP contribution in [-0.2, 0) is 4.79 Å². The summed E-state index contributed by atoms with van der Waals surface area (Å²) in [4.78, 5) is 15.9. The van der Waals surface area contributed by atoms with E-state index in [4.69, 9.17) is 4.98 Å². The number of para-hydroxylation sites is 1. The molecule has 0 spiro atoms. The van der Waals surface area contributed by atoms with Crippen molar-refractivity contribution in [2.45, 2.75) is 12.5 Å². The number of nitrogens with one attached hydrogen (secondary N) is 1. The second-order valence-electron chi connectivity index (χ2n) is 5.81. The number of aliphatic carboxylic acids is 1. The van der Waals surface area contributed by atoms with Crippen molar-refractivity contribution in [3.05, 3.63) is 54.1 Å². The molecular formula is C18H16N2O2S. The summed E-state index contributed by atoms with van der Waals surface area (Å²) in [6, 6.07) is 16.3. The SMILES string of the molecule is O=C(O)C1CNC(c2ccccc2-c2nc3ccccc3s2)C1. The Hall–Kier alpha value is -2.24. The van der Waals surface area contributed by atoms with Crippen molar-refractivity contribution in [1.29, 1.82) is 0 Å². The number of carboxylic acid groups (broad SMARTS) is 1. The van der Waals surface area contributed by atoms with Crippen LogP contribution in [0.3, 0.4) is 0 Å². The fourth-order valence-electron chi connectivity index (χ4n) is 3.14. The molecule has 1 saturated heterocycles. The molecule has 0 bridgehead atoms. The van der Waals surface area contributed by atoms with Crippen LogP contribution in [0.2, 0.25) is 0 Å². The zero-order valence-corrected chi connectivity index (χ0v) is 13.2. The lowest BCUT2D eigenvalue weighted by atomic mass is 9.96. The molecule has 4 nitrogen and oxygen atoms in total. The molecule has 1 fully saturated rings. The molecule has 2 heterocycles. The van der Waals surface area contributed by atoms with Gasteiger partial charge < -0.3 is 10.4 Å². The topological polar surface area (TPSA) is 62.2 Å². The number of benzene rings is 2. The maximum atomic E-state index is 11.2. The van der Waals surface area contributed by atoms with Gasteiger partial charge in [-0.3, -0.25) is 4.79 Å². The van der Waals surface area contributed by atoms with E-state index in [2.05, 4.69) is 23.5 Å². The molecule has 2 N–H and O–H groups in total. The van der Waals surface area contributed by atoms with E-state index >= 15 is 0 Å². The third-order valence-electron chi connectivity index (χ3n) is 4.34. The first kappa shape index (κ1) is 14.4. The molecule has 2 unspecified atom stereocenters. The van der Waals surface area contributed by atoms with Crippen molar-refractivity contribution in [3.63, 3.8) is 0 Å². The van der Waals surface area contributed by atoms with Crippen LogP contribution >= 0.6 is 11.3 Å². The zero-order chi connectivity index (χ0) is 15.8. The summed E-state index contributed by atoms with van der Waals surface area (Å²) >= 11 is 1.68. The minimum atomic E-state index is -0.725. The summed E-state index contributed by atoms with van der Waals surface area (Å²) in [6.45, 7) is 0.522. The molecule has 5 heteroatoms. The van der Waals surface area contributed by atoms with E-state index in [0.717, 1.165) is 21.7 Å². The predicted octanol–water partition coefficient (Wildman–Crippen LogP) is 3.70. The highest BCUT2D eigenvalue weighted by Gasteiger charge is 2.31. The summed E-state index contributed by atoms with van der Waals surface area (Å²) in [7, 11) is 0. The van der Waals surface area contributed by atoms with Crippen molar-refractivity contribution in [2.24, 2.45) is 5.92 Å². The fraction of sp³-hybridized carbons (Fsp3) is 0.222. The number of thiazole rings is 1. The highest BCUT2D eigenvalue weighted by atomic mass is 32.1. The molecule has 1 aromatic heterocycles. The average Bonchev–Trinajstić information content (AvgIpc) is 3.22. The molecule has 3 aromatic rings. The van der Waals surface area contributed by atoms with Gasteiger partial charge in [0.1, 0.15) is 5.01 Å². The monoisotopic (exact) mass is 324 g/mol. The van der Waals surface area contributed by atoms with E-state index in [9.17, 15) is 9.90 Å². The van der Waals surface area contributed by atoms with Crippen molar-refractivity contribution >= 4 is 27.5 Å². The number of carboxylic acids is 1. The zero-order valence-electron chi connectivity index (χ0n) is 12.4. The first-order chi connectivity index (χ1) is 11.2. The van der Waals surface area contributed by atoms with Crippen LogP contribution in [0.1, 0.15) is 18.0 Å². The van der Waals surface area contributed by atoms with Gasteiger partial charge in [0.2, 0.25) is 0 Å². The Balaban J connectivity index is 1.74. The van der Waals surface area contributed by atoms with Crippen LogP contribution in [0.25, 0.3) is 20.8 Å². The van der Waals surface area contributed by atoms with Gasteiger partial charge in [-0.05, 0) is 24.1 Å². The molecule has 1 aliphatic heterocycles. The summed E-state index contributed by atoms with van der Waals surface area (Å²) in [5, 5.41) is 13.5. The second-order valence-corrected chi connectivity index (χ2v) is 6.84. The summed E-state index contributed by atoms with van der Waals surface area (Å²) in [5.74, 6) is -1.04. The van der Waals surface area contributed by atoms with Crippen LogP contribution in [-0.4, -0.2) is 22.6 Å². The highest BCUT2D eigenvalue weighted by Crippen LogP contribution is 2.37. The molecule has 0 radical (unpaired) electrons. The Morgan fingerprint density at radius 2 is 1.96 bits per heavy atom. The van der Waals surface area contributed by atoms with E-state index in [1.54, 1.807) is 11.3 Å². The fourth-order valence-corrected chi connectivity index (χ4v) is 4.16. The quantitative estimate of drug-likeness (QED) is 0.771. The molecule has 2 aromatic carbocycles. The maximum Gasteiger partial charge on any atom is 0.307 e. The van der Waals surface area contributed by atoms with E-state index in [0.29, 0.717) is 13.0 Å². The lowest BCUT2D eigenvalue weighted by Crippen LogP contribution is -2.17. The second kappa shape index (κ2) is 5.76. The molecule has 4 rings (SSSR count). The van der Waals surface area contributed by atoms with Crippen LogP contribution in [0.4, 0.5) is 0 Å². The van der Waals surface area contributed by atoms with Crippen LogP contribution in [0.15, 0.2) is 48.5 Å². The Morgan fingerprint density at radius 1 is 1.17 bits per heavy atom. The highest BCUT2D eigenvalue weighted by molar-refractivity contribution is 7.21. The molecule has 23 heavy (non-hydrogen) atoms. The number of hydrogen-bond acceptors (Lipinski definition) is 4. The van der Waals surface area contributed by atoms with E-state index in [1.807, 2.05) is 30.3 Å². The van der Waals surface area contributed by atoms with Crippen molar-refractivity contribution in [3.8, 4) is 10.6 Å². The lowest BCUT2D eigenvalue weighted by molar-refractivity contribution is -0.141. The summed E-state index contributed by atoms with van der Waals surface area (Å²) < 4.78 is 1.17. The molecule has 116 valence electrons. The van der Waals surface area contributed by atoms with Crippen LogP contribution in [0, 0.1) is 5.92 Å². The Labute approximate surface area is 137 Å². The molecule has 0 amide bonds.